The highest BCUT2D eigenvalue weighted by Gasteiger charge is 2.36. The molecule has 1 aliphatic heterocycles. The molecule has 1 N–H and O–H groups in total. The first kappa shape index (κ1) is 22.0. The number of amides is 1. The quantitative estimate of drug-likeness (QED) is 0.748. The average Bonchev–Trinajstić information content (AvgIpc) is 2.77. The number of carbonyl (C=O) groups excluding carboxylic acids is 1. The van der Waals surface area contributed by atoms with E-state index >= 15 is 0 Å². The summed E-state index contributed by atoms with van der Waals surface area (Å²) in [6, 6.07) is 11.2. The maximum atomic E-state index is 12.8. The van der Waals surface area contributed by atoms with Gasteiger partial charge in [0.1, 0.15) is 18.1 Å². The van der Waals surface area contributed by atoms with Crippen molar-refractivity contribution in [2.75, 3.05) is 29.9 Å². The van der Waals surface area contributed by atoms with Gasteiger partial charge in [0.25, 0.3) is 10.0 Å². The van der Waals surface area contributed by atoms with Gasteiger partial charge in [-0.2, -0.15) is 0 Å². The summed E-state index contributed by atoms with van der Waals surface area (Å²) < 4.78 is 39.5. The molecule has 30 heavy (non-hydrogen) atoms. The number of carbonyl (C=O) groups is 1. The fraction of sp³-hybridized carbons (Fsp3) is 0.409. The van der Waals surface area contributed by atoms with Crippen LogP contribution in [0.15, 0.2) is 47.4 Å². The van der Waals surface area contributed by atoms with Gasteiger partial charge in [-0.05, 0) is 62.2 Å². The number of sulfonamides is 1. The lowest BCUT2D eigenvalue weighted by atomic mass is 9.93. The van der Waals surface area contributed by atoms with Crippen molar-refractivity contribution in [2.45, 2.75) is 32.6 Å². The molecule has 0 atom stereocenters. The zero-order valence-electron chi connectivity index (χ0n) is 17.9. The molecule has 0 aromatic heterocycles. The summed E-state index contributed by atoms with van der Waals surface area (Å²) >= 11 is 0. The third kappa shape index (κ3) is 4.70. The monoisotopic (exact) mass is 432 g/mol. The largest absolute Gasteiger partial charge is 0.493 e. The number of nitrogens with one attached hydrogen (secondary N) is 1. The van der Waals surface area contributed by atoms with Crippen molar-refractivity contribution in [3.05, 3.63) is 42.5 Å². The molecular weight excluding hydrogens is 404 g/mol. The zero-order valence-corrected chi connectivity index (χ0v) is 18.7. The zero-order chi connectivity index (χ0) is 22.1. The highest BCUT2D eigenvalue weighted by molar-refractivity contribution is 7.92. The second-order valence-corrected chi connectivity index (χ2v) is 10.2. The van der Waals surface area contributed by atoms with Gasteiger partial charge in [-0.15, -0.1) is 0 Å². The maximum Gasteiger partial charge on any atom is 0.261 e. The predicted molar refractivity (Wildman–Crippen MR) is 117 cm³/mol. The molecule has 0 radical (unpaired) electrons. The Morgan fingerprint density at radius 3 is 2.47 bits per heavy atom. The third-order valence-corrected chi connectivity index (χ3v) is 6.16. The summed E-state index contributed by atoms with van der Waals surface area (Å²) in [5, 5.41) is 0. The van der Waals surface area contributed by atoms with Crippen molar-refractivity contribution in [3.8, 4) is 11.5 Å². The summed E-state index contributed by atoms with van der Waals surface area (Å²) in [7, 11) is -2.14. The molecule has 3 rings (SSSR count). The number of nitrogens with zero attached hydrogens (tertiary/aromatic N) is 1. The van der Waals surface area contributed by atoms with E-state index in [2.05, 4.69) is 4.72 Å². The Hall–Kier alpha value is -2.74. The fourth-order valence-corrected chi connectivity index (χ4v) is 4.09. The molecule has 1 aliphatic rings. The minimum Gasteiger partial charge on any atom is -0.493 e. The summed E-state index contributed by atoms with van der Waals surface area (Å²) in [5.74, 6) is 1.43. The number of hydrogen-bond donors (Lipinski definition) is 1. The molecule has 0 saturated carbocycles. The van der Waals surface area contributed by atoms with Gasteiger partial charge in [0.15, 0.2) is 0 Å². The molecule has 1 heterocycles. The third-order valence-electron chi connectivity index (χ3n) is 4.76. The Kier molecular flexibility index (Phi) is 5.99. The van der Waals surface area contributed by atoms with Gasteiger partial charge in [0.05, 0.1) is 28.3 Å². The number of hydrogen-bond acceptors (Lipinski definition) is 5. The summed E-state index contributed by atoms with van der Waals surface area (Å²) in [4.78, 5) is 14.3. The van der Waals surface area contributed by atoms with E-state index in [-0.39, 0.29) is 17.4 Å². The van der Waals surface area contributed by atoms with Crippen LogP contribution in [0.1, 0.15) is 27.7 Å². The number of fused-ring (bicyclic) bond motifs is 1. The van der Waals surface area contributed by atoms with Crippen LogP contribution >= 0.6 is 0 Å². The Balaban J connectivity index is 1.81. The maximum absolute atomic E-state index is 12.8. The minimum absolute atomic E-state index is 0.0988. The van der Waals surface area contributed by atoms with Crippen molar-refractivity contribution in [2.24, 2.45) is 11.3 Å². The molecule has 0 aliphatic carbocycles. The van der Waals surface area contributed by atoms with E-state index in [4.69, 9.17) is 9.47 Å². The average molecular weight is 433 g/mol. The molecule has 162 valence electrons. The van der Waals surface area contributed by atoms with Crippen molar-refractivity contribution < 1.29 is 22.7 Å². The molecule has 2 aromatic carbocycles. The van der Waals surface area contributed by atoms with Gasteiger partial charge >= 0.3 is 0 Å². The predicted octanol–water partition coefficient (Wildman–Crippen LogP) is 3.90. The van der Waals surface area contributed by atoms with E-state index in [0.717, 1.165) is 0 Å². The normalized spacial score (nSPS) is 15.9. The molecule has 2 aromatic rings. The smallest absolute Gasteiger partial charge is 0.261 e. The fourth-order valence-electron chi connectivity index (χ4n) is 3.04. The lowest BCUT2D eigenvalue weighted by Gasteiger charge is -2.24. The van der Waals surface area contributed by atoms with Crippen molar-refractivity contribution in [1.29, 1.82) is 0 Å². The lowest BCUT2D eigenvalue weighted by molar-refractivity contribution is -0.127. The summed E-state index contributed by atoms with van der Waals surface area (Å²) in [6.45, 7) is 8.52. The molecule has 1 amide bonds. The summed E-state index contributed by atoms with van der Waals surface area (Å²) in [5.41, 5.74) is 0.187. The first-order chi connectivity index (χ1) is 14.0. The Morgan fingerprint density at radius 2 is 1.83 bits per heavy atom. The highest BCUT2D eigenvalue weighted by atomic mass is 32.2. The lowest BCUT2D eigenvalue weighted by Crippen LogP contribution is -2.39. The molecule has 0 saturated heterocycles. The Morgan fingerprint density at radius 1 is 1.17 bits per heavy atom. The standard InChI is InChI=1S/C22H28N2O5S/c1-15(2)13-28-17-7-9-18(10-8-17)30(26,27)23-16-6-11-20-19(12-16)24(5)21(25)22(3,4)14-29-20/h6-12,15,23H,13-14H2,1-5H3. The topological polar surface area (TPSA) is 84.9 Å². The van der Waals surface area contributed by atoms with E-state index < -0.39 is 15.4 Å². The molecule has 7 nitrogen and oxygen atoms in total. The van der Waals surface area contributed by atoms with Crippen molar-refractivity contribution >= 4 is 27.3 Å². The van der Waals surface area contributed by atoms with Crippen LogP contribution in [0.2, 0.25) is 0 Å². The van der Waals surface area contributed by atoms with E-state index in [9.17, 15) is 13.2 Å². The van der Waals surface area contributed by atoms with Gasteiger partial charge in [0, 0.05) is 7.05 Å². The number of ether oxygens (including phenoxy) is 2. The van der Waals surface area contributed by atoms with Gasteiger partial charge in [-0.1, -0.05) is 13.8 Å². The molecule has 0 bridgehead atoms. The van der Waals surface area contributed by atoms with Crippen LogP contribution < -0.4 is 19.1 Å². The summed E-state index contributed by atoms with van der Waals surface area (Å²) in [6.07, 6.45) is 0. The van der Waals surface area contributed by atoms with Crippen LogP contribution in [-0.2, 0) is 14.8 Å². The van der Waals surface area contributed by atoms with Crippen molar-refractivity contribution in [1.82, 2.24) is 0 Å². The second kappa shape index (κ2) is 8.18. The van der Waals surface area contributed by atoms with Crippen LogP contribution in [0.3, 0.4) is 0 Å². The van der Waals surface area contributed by atoms with E-state index in [1.807, 2.05) is 27.7 Å². The van der Waals surface area contributed by atoms with Gasteiger partial charge in [-0.25, -0.2) is 8.42 Å². The van der Waals surface area contributed by atoms with Gasteiger partial charge in [0.2, 0.25) is 5.91 Å². The molecule has 8 heteroatoms. The van der Waals surface area contributed by atoms with Gasteiger partial charge in [-0.3, -0.25) is 9.52 Å². The number of anilines is 2. The number of benzene rings is 2. The second-order valence-electron chi connectivity index (χ2n) is 8.50. The molecule has 0 unspecified atom stereocenters. The van der Waals surface area contributed by atoms with E-state index in [1.165, 1.54) is 17.0 Å². The van der Waals surface area contributed by atoms with Crippen LogP contribution in [-0.4, -0.2) is 34.6 Å². The minimum atomic E-state index is -3.80. The first-order valence-electron chi connectivity index (χ1n) is 9.80. The van der Waals surface area contributed by atoms with Crippen LogP contribution in [0.5, 0.6) is 11.5 Å². The molecule has 0 spiro atoms. The highest BCUT2D eigenvalue weighted by Crippen LogP contribution is 2.37. The van der Waals surface area contributed by atoms with Crippen LogP contribution in [0.4, 0.5) is 11.4 Å². The van der Waals surface area contributed by atoms with E-state index in [0.29, 0.717) is 35.4 Å². The van der Waals surface area contributed by atoms with E-state index in [1.54, 1.807) is 37.4 Å². The van der Waals surface area contributed by atoms with Crippen LogP contribution in [0, 0.1) is 11.3 Å². The number of rotatable bonds is 6. The molecular formula is C22H28N2O5S. The van der Waals surface area contributed by atoms with Crippen molar-refractivity contribution in [3.63, 3.8) is 0 Å². The Bertz CT molecular complexity index is 1030. The molecule has 0 fully saturated rings. The van der Waals surface area contributed by atoms with Crippen LogP contribution in [0.25, 0.3) is 0 Å². The van der Waals surface area contributed by atoms with Gasteiger partial charge < -0.3 is 14.4 Å². The SMILES string of the molecule is CC(C)COc1ccc(S(=O)(=O)Nc2ccc3c(c2)N(C)C(=O)C(C)(C)CO3)cc1. The Labute approximate surface area is 178 Å². The first-order valence-corrected chi connectivity index (χ1v) is 11.3.